The van der Waals surface area contributed by atoms with Crippen molar-refractivity contribution in [2.75, 3.05) is 6.54 Å². The molecular formula is C16H33N. The molecule has 0 amide bonds. The molecule has 0 saturated heterocycles. The summed E-state index contributed by atoms with van der Waals surface area (Å²) in [6.07, 6.45) is 8.50. The van der Waals surface area contributed by atoms with Gasteiger partial charge < -0.3 is 5.32 Å². The number of nitrogens with one attached hydrogen (secondary N) is 1. The summed E-state index contributed by atoms with van der Waals surface area (Å²) in [4.78, 5) is 0. The average molecular weight is 239 g/mol. The van der Waals surface area contributed by atoms with Gasteiger partial charge >= 0.3 is 0 Å². The van der Waals surface area contributed by atoms with Gasteiger partial charge in [0.05, 0.1) is 0 Å². The van der Waals surface area contributed by atoms with Crippen LogP contribution in [0.5, 0.6) is 0 Å². The van der Waals surface area contributed by atoms with Crippen molar-refractivity contribution in [3.63, 3.8) is 0 Å². The van der Waals surface area contributed by atoms with Crippen LogP contribution in [0.3, 0.4) is 0 Å². The molecule has 0 heterocycles. The van der Waals surface area contributed by atoms with E-state index in [1.165, 1.54) is 38.5 Å². The summed E-state index contributed by atoms with van der Waals surface area (Å²) in [6.45, 7) is 12.9. The first-order valence-corrected chi connectivity index (χ1v) is 7.65. The SMILES string of the molecule is CCNC(CCC(C)(C)C)C1CCCC(C)C1. The zero-order chi connectivity index (χ0) is 12.9. The molecule has 1 aliphatic rings. The predicted octanol–water partition coefficient (Wildman–Crippen LogP) is 4.62. The van der Waals surface area contributed by atoms with Gasteiger partial charge in [0.25, 0.3) is 0 Å². The second-order valence-corrected chi connectivity index (χ2v) is 7.30. The van der Waals surface area contributed by atoms with Crippen molar-refractivity contribution in [2.45, 2.75) is 79.2 Å². The Kier molecular flexibility index (Phi) is 5.99. The summed E-state index contributed by atoms with van der Waals surface area (Å²) in [5.41, 5.74) is 0.480. The first-order chi connectivity index (χ1) is 7.92. The van der Waals surface area contributed by atoms with Gasteiger partial charge in [-0.2, -0.15) is 0 Å². The molecule has 102 valence electrons. The van der Waals surface area contributed by atoms with Crippen LogP contribution in [-0.2, 0) is 0 Å². The van der Waals surface area contributed by atoms with E-state index in [2.05, 4.69) is 39.9 Å². The zero-order valence-corrected chi connectivity index (χ0v) is 12.7. The van der Waals surface area contributed by atoms with E-state index < -0.39 is 0 Å². The van der Waals surface area contributed by atoms with Crippen molar-refractivity contribution in [2.24, 2.45) is 17.3 Å². The predicted molar refractivity (Wildman–Crippen MR) is 77.3 cm³/mol. The third-order valence-electron chi connectivity index (χ3n) is 4.22. The van der Waals surface area contributed by atoms with Crippen LogP contribution in [0.1, 0.15) is 73.1 Å². The van der Waals surface area contributed by atoms with E-state index in [0.29, 0.717) is 5.41 Å². The summed E-state index contributed by atoms with van der Waals surface area (Å²) >= 11 is 0. The topological polar surface area (TPSA) is 12.0 Å². The Morgan fingerprint density at radius 3 is 2.47 bits per heavy atom. The van der Waals surface area contributed by atoms with Gasteiger partial charge in [-0.25, -0.2) is 0 Å². The summed E-state index contributed by atoms with van der Waals surface area (Å²) in [7, 11) is 0. The molecule has 3 unspecified atom stereocenters. The molecule has 0 aromatic heterocycles. The molecule has 0 aliphatic heterocycles. The van der Waals surface area contributed by atoms with Crippen molar-refractivity contribution in [1.82, 2.24) is 5.32 Å². The highest BCUT2D eigenvalue weighted by Gasteiger charge is 2.27. The highest BCUT2D eigenvalue weighted by molar-refractivity contribution is 4.82. The standard InChI is InChI=1S/C16H33N/c1-6-17-15(10-11-16(3,4)5)14-9-7-8-13(2)12-14/h13-15,17H,6-12H2,1-5H3. The molecule has 1 N–H and O–H groups in total. The summed E-state index contributed by atoms with van der Waals surface area (Å²) in [5.74, 6) is 1.88. The molecule has 1 rings (SSSR count). The molecule has 17 heavy (non-hydrogen) atoms. The molecule has 3 atom stereocenters. The fraction of sp³-hybridized carbons (Fsp3) is 1.00. The summed E-state index contributed by atoms with van der Waals surface area (Å²) < 4.78 is 0. The molecule has 1 saturated carbocycles. The summed E-state index contributed by atoms with van der Waals surface area (Å²) in [6, 6.07) is 0.766. The van der Waals surface area contributed by atoms with E-state index in [4.69, 9.17) is 0 Å². The fourth-order valence-electron chi connectivity index (χ4n) is 3.20. The lowest BCUT2D eigenvalue weighted by Crippen LogP contribution is -2.39. The number of rotatable bonds is 5. The van der Waals surface area contributed by atoms with Crippen molar-refractivity contribution < 1.29 is 0 Å². The van der Waals surface area contributed by atoms with Crippen LogP contribution in [0.2, 0.25) is 0 Å². The molecule has 0 aromatic rings. The third-order valence-corrected chi connectivity index (χ3v) is 4.22. The van der Waals surface area contributed by atoms with E-state index >= 15 is 0 Å². The van der Waals surface area contributed by atoms with Crippen LogP contribution in [0.4, 0.5) is 0 Å². The van der Waals surface area contributed by atoms with Gasteiger partial charge in [-0.05, 0) is 49.5 Å². The fourth-order valence-corrected chi connectivity index (χ4v) is 3.20. The Labute approximate surface area is 109 Å². The third kappa shape index (κ3) is 5.90. The normalized spacial score (nSPS) is 28.1. The lowest BCUT2D eigenvalue weighted by atomic mass is 9.76. The van der Waals surface area contributed by atoms with Crippen LogP contribution in [0, 0.1) is 17.3 Å². The van der Waals surface area contributed by atoms with E-state index in [1.54, 1.807) is 0 Å². The van der Waals surface area contributed by atoms with Crippen LogP contribution in [0.25, 0.3) is 0 Å². The molecule has 1 fully saturated rings. The van der Waals surface area contributed by atoms with E-state index in [9.17, 15) is 0 Å². The largest absolute Gasteiger partial charge is 0.314 e. The second kappa shape index (κ2) is 6.78. The highest BCUT2D eigenvalue weighted by atomic mass is 14.9. The molecule has 0 aromatic carbocycles. The van der Waals surface area contributed by atoms with Gasteiger partial charge in [0.15, 0.2) is 0 Å². The van der Waals surface area contributed by atoms with Crippen molar-refractivity contribution in [3.8, 4) is 0 Å². The van der Waals surface area contributed by atoms with Gasteiger partial charge in [-0.15, -0.1) is 0 Å². The molecule has 1 aliphatic carbocycles. The maximum Gasteiger partial charge on any atom is 0.00955 e. The minimum Gasteiger partial charge on any atom is -0.314 e. The maximum atomic E-state index is 3.75. The van der Waals surface area contributed by atoms with Gasteiger partial charge in [-0.1, -0.05) is 47.5 Å². The minimum absolute atomic E-state index is 0.480. The Morgan fingerprint density at radius 2 is 1.94 bits per heavy atom. The van der Waals surface area contributed by atoms with E-state index in [1.807, 2.05) is 0 Å². The minimum atomic E-state index is 0.480. The number of hydrogen-bond acceptors (Lipinski definition) is 1. The van der Waals surface area contributed by atoms with Gasteiger partial charge in [0.2, 0.25) is 0 Å². The van der Waals surface area contributed by atoms with Gasteiger partial charge in [-0.3, -0.25) is 0 Å². The smallest absolute Gasteiger partial charge is 0.00955 e. The summed E-state index contributed by atoms with van der Waals surface area (Å²) in [5, 5.41) is 3.75. The second-order valence-electron chi connectivity index (χ2n) is 7.30. The van der Waals surface area contributed by atoms with Crippen LogP contribution < -0.4 is 5.32 Å². The Hall–Kier alpha value is -0.0400. The highest BCUT2D eigenvalue weighted by Crippen LogP contribution is 2.33. The Morgan fingerprint density at radius 1 is 1.24 bits per heavy atom. The van der Waals surface area contributed by atoms with Crippen molar-refractivity contribution in [3.05, 3.63) is 0 Å². The lowest BCUT2D eigenvalue weighted by molar-refractivity contribution is 0.200. The molecule has 0 bridgehead atoms. The first kappa shape index (κ1) is 15.0. The van der Waals surface area contributed by atoms with Crippen LogP contribution in [-0.4, -0.2) is 12.6 Å². The van der Waals surface area contributed by atoms with Gasteiger partial charge in [0, 0.05) is 6.04 Å². The van der Waals surface area contributed by atoms with Crippen molar-refractivity contribution >= 4 is 0 Å². The maximum absolute atomic E-state index is 3.75. The Balaban J connectivity index is 2.46. The van der Waals surface area contributed by atoms with Crippen LogP contribution in [0.15, 0.2) is 0 Å². The monoisotopic (exact) mass is 239 g/mol. The molecule has 1 heteroatoms. The van der Waals surface area contributed by atoms with Crippen molar-refractivity contribution in [1.29, 1.82) is 0 Å². The molecule has 0 radical (unpaired) electrons. The average Bonchev–Trinajstić information content (AvgIpc) is 2.23. The molecule has 1 nitrogen and oxygen atoms in total. The Bertz CT molecular complexity index is 204. The van der Waals surface area contributed by atoms with Crippen LogP contribution >= 0.6 is 0 Å². The molecule has 0 spiro atoms. The number of hydrogen-bond donors (Lipinski definition) is 1. The lowest BCUT2D eigenvalue weighted by Gasteiger charge is -2.35. The molecular weight excluding hydrogens is 206 g/mol. The quantitative estimate of drug-likeness (QED) is 0.738. The van der Waals surface area contributed by atoms with E-state index in [0.717, 1.165) is 24.4 Å². The van der Waals surface area contributed by atoms with E-state index in [-0.39, 0.29) is 0 Å². The first-order valence-electron chi connectivity index (χ1n) is 7.65. The zero-order valence-electron chi connectivity index (χ0n) is 12.7. The van der Waals surface area contributed by atoms with Gasteiger partial charge in [0.1, 0.15) is 0 Å².